The second-order valence-electron chi connectivity index (χ2n) is 7.51. The predicted octanol–water partition coefficient (Wildman–Crippen LogP) is 3.23. The number of aromatic nitrogens is 3. The van der Waals surface area contributed by atoms with Crippen LogP contribution >= 0.6 is 0 Å². The van der Waals surface area contributed by atoms with Crippen LogP contribution in [0, 0.1) is 6.92 Å². The van der Waals surface area contributed by atoms with Gasteiger partial charge < -0.3 is 19.9 Å². The topological polar surface area (TPSA) is 75.5 Å². The molecule has 0 aliphatic carbocycles. The maximum atomic E-state index is 12.4. The number of hydrogen-bond donors (Lipinski definition) is 1. The van der Waals surface area contributed by atoms with Crippen molar-refractivity contribution in [1.82, 2.24) is 24.3 Å². The molecule has 0 atom stereocenters. The molecule has 8 nitrogen and oxygen atoms in total. The van der Waals surface area contributed by atoms with E-state index >= 15 is 0 Å². The molecule has 0 fully saturated rings. The van der Waals surface area contributed by atoms with Crippen LogP contribution in [-0.2, 0) is 0 Å². The first-order valence-corrected chi connectivity index (χ1v) is 9.67. The average Bonchev–Trinajstić information content (AvgIpc) is 3.06. The number of rotatable bonds is 8. The van der Waals surface area contributed by atoms with E-state index in [2.05, 4.69) is 26.8 Å². The third kappa shape index (κ3) is 4.60. The fourth-order valence-corrected chi connectivity index (χ4v) is 3.00. The molecule has 1 N–H and O–H groups in total. The minimum absolute atomic E-state index is 0.122. The first kappa shape index (κ1) is 21.3. The van der Waals surface area contributed by atoms with Gasteiger partial charge in [-0.3, -0.25) is 9.36 Å². The Balaban J connectivity index is 1.83. The van der Waals surface area contributed by atoms with Crippen LogP contribution in [-0.4, -0.2) is 71.6 Å². The van der Waals surface area contributed by atoms with Gasteiger partial charge in [-0.05, 0) is 50.8 Å². The lowest BCUT2D eigenvalue weighted by atomic mass is 10.2. The van der Waals surface area contributed by atoms with E-state index in [-0.39, 0.29) is 5.91 Å². The molecular weight excluding hydrogens is 380 g/mol. The number of carbonyl (C=O) groups is 1. The number of ether oxygens (including phenoxy) is 1. The Morgan fingerprint density at radius 1 is 1.27 bits per heavy atom. The van der Waals surface area contributed by atoms with Gasteiger partial charge in [-0.25, -0.2) is 4.98 Å². The molecule has 0 radical (unpaired) electrons. The molecule has 3 aromatic rings. The summed E-state index contributed by atoms with van der Waals surface area (Å²) in [5.74, 6) is 1.17. The summed E-state index contributed by atoms with van der Waals surface area (Å²) in [6.45, 7) is 7.31. The van der Waals surface area contributed by atoms with E-state index in [9.17, 15) is 4.79 Å². The van der Waals surface area contributed by atoms with Crippen LogP contribution in [0.4, 0.5) is 11.6 Å². The lowest BCUT2D eigenvalue weighted by molar-refractivity contribution is 0.0821. The van der Waals surface area contributed by atoms with Crippen molar-refractivity contribution in [1.29, 1.82) is 0 Å². The zero-order valence-corrected chi connectivity index (χ0v) is 18.1. The molecule has 30 heavy (non-hydrogen) atoms. The second kappa shape index (κ2) is 8.96. The molecule has 3 rings (SSSR count). The van der Waals surface area contributed by atoms with E-state index in [1.54, 1.807) is 37.1 Å². The third-order valence-corrected chi connectivity index (χ3v) is 4.61. The zero-order chi connectivity index (χ0) is 21.8. The van der Waals surface area contributed by atoms with Crippen molar-refractivity contribution in [2.75, 3.05) is 46.7 Å². The Bertz CT molecular complexity index is 1070. The van der Waals surface area contributed by atoms with Crippen LogP contribution in [0.25, 0.3) is 17.2 Å². The van der Waals surface area contributed by atoms with E-state index in [1.165, 1.54) is 4.90 Å². The van der Waals surface area contributed by atoms with E-state index in [0.29, 0.717) is 23.9 Å². The molecule has 0 saturated heterocycles. The van der Waals surface area contributed by atoms with Crippen molar-refractivity contribution < 1.29 is 9.53 Å². The third-order valence-electron chi connectivity index (χ3n) is 4.61. The highest BCUT2D eigenvalue weighted by Gasteiger charge is 2.17. The molecule has 0 aliphatic rings. The highest BCUT2D eigenvalue weighted by Crippen LogP contribution is 2.25. The number of nitrogens with one attached hydrogen (secondary N) is 1. The standard InChI is InChI=1S/C22H28N6O2/c1-7-28-18(21(29)27(5)6)13-16-14-23-22(25-20(16)28)24-17-8-9-19(15(2)12-17)30-11-10-26(3)4/h7-9,12-14H,1,10-11H2,2-6H3,(H,23,24,25). The first-order chi connectivity index (χ1) is 14.3. The largest absolute Gasteiger partial charge is 0.492 e. The van der Waals surface area contributed by atoms with Gasteiger partial charge in [0.25, 0.3) is 5.91 Å². The highest BCUT2D eigenvalue weighted by atomic mass is 16.5. The molecule has 0 aliphatic heterocycles. The van der Waals surface area contributed by atoms with Crippen molar-refractivity contribution in [2.24, 2.45) is 0 Å². The summed E-state index contributed by atoms with van der Waals surface area (Å²) in [6, 6.07) is 7.63. The van der Waals surface area contributed by atoms with Crippen LogP contribution in [0.2, 0.25) is 0 Å². The van der Waals surface area contributed by atoms with Crippen molar-refractivity contribution in [3.05, 3.63) is 48.3 Å². The Morgan fingerprint density at radius 3 is 2.67 bits per heavy atom. The van der Waals surface area contributed by atoms with Crippen LogP contribution in [0.5, 0.6) is 5.75 Å². The Kier molecular flexibility index (Phi) is 6.37. The molecular formula is C22H28N6O2. The fraction of sp³-hybridized carbons (Fsp3) is 0.318. The number of amides is 1. The maximum Gasteiger partial charge on any atom is 0.270 e. The number of nitrogens with zero attached hydrogens (tertiary/aromatic N) is 5. The lowest BCUT2D eigenvalue weighted by Gasteiger charge is -2.14. The van der Waals surface area contributed by atoms with Crippen LogP contribution < -0.4 is 10.1 Å². The van der Waals surface area contributed by atoms with Crippen molar-refractivity contribution in [3.63, 3.8) is 0 Å². The Hall–Kier alpha value is -3.39. The van der Waals surface area contributed by atoms with Gasteiger partial charge in [-0.15, -0.1) is 0 Å². The summed E-state index contributed by atoms with van der Waals surface area (Å²) in [5.41, 5.74) is 2.99. The number of carbonyl (C=O) groups excluding carboxylic acids is 1. The van der Waals surface area contributed by atoms with E-state index in [1.807, 2.05) is 39.2 Å². The number of anilines is 2. The molecule has 0 unspecified atom stereocenters. The van der Waals surface area contributed by atoms with Gasteiger partial charge in [0.15, 0.2) is 0 Å². The van der Waals surface area contributed by atoms with E-state index < -0.39 is 0 Å². The maximum absolute atomic E-state index is 12.4. The Morgan fingerprint density at radius 2 is 2.03 bits per heavy atom. The van der Waals surface area contributed by atoms with Gasteiger partial charge in [0.2, 0.25) is 5.95 Å². The first-order valence-electron chi connectivity index (χ1n) is 9.67. The molecule has 2 aromatic heterocycles. The molecule has 0 spiro atoms. The van der Waals surface area contributed by atoms with Gasteiger partial charge in [-0.1, -0.05) is 6.58 Å². The van der Waals surface area contributed by atoms with Gasteiger partial charge in [-0.2, -0.15) is 4.98 Å². The zero-order valence-electron chi connectivity index (χ0n) is 18.1. The summed E-state index contributed by atoms with van der Waals surface area (Å²) in [6.07, 6.45) is 3.28. The minimum atomic E-state index is -0.122. The van der Waals surface area contributed by atoms with Gasteiger partial charge in [0, 0.05) is 44.1 Å². The van der Waals surface area contributed by atoms with Gasteiger partial charge in [0.05, 0.1) is 0 Å². The van der Waals surface area contributed by atoms with Crippen LogP contribution in [0.1, 0.15) is 16.1 Å². The monoisotopic (exact) mass is 408 g/mol. The number of aryl methyl sites for hydroxylation is 1. The predicted molar refractivity (Wildman–Crippen MR) is 120 cm³/mol. The van der Waals surface area contributed by atoms with Crippen LogP contribution in [0.15, 0.2) is 37.0 Å². The highest BCUT2D eigenvalue weighted by molar-refractivity contribution is 5.98. The molecule has 2 heterocycles. The summed E-state index contributed by atoms with van der Waals surface area (Å²) < 4.78 is 7.51. The number of benzene rings is 1. The summed E-state index contributed by atoms with van der Waals surface area (Å²) in [5, 5.41) is 3.99. The Labute approximate surface area is 176 Å². The number of fused-ring (bicyclic) bond motifs is 1. The second-order valence-corrected chi connectivity index (χ2v) is 7.51. The quantitative estimate of drug-likeness (QED) is 0.617. The number of likely N-dealkylation sites (N-methyl/N-ethyl adjacent to an activating group) is 1. The average molecular weight is 409 g/mol. The van der Waals surface area contributed by atoms with Crippen LogP contribution in [0.3, 0.4) is 0 Å². The summed E-state index contributed by atoms with van der Waals surface area (Å²) in [4.78, 5) is 25.0. The van der Waals surface area contributed by atoms with E-state index in [4.69, 9.17) is 4.74 Å². The molecule has 0 bridgehead atoms. The van der Waals surface area contributed by atoms with Gasteiger partial charge >= 0.3 is 0 Å². The summed E-state index contributed by atoms with van der Waals surface area (Å²) in [7, 11) is 7.45. The smallest absolute Gasteiger partial charge is 0.270 e. The van der Waals surface area contributed by atoms with Crippen molar-refractivity contribution in [2.45, 2.75) is 6.92 Å². The van der Waals surface area contributed by atoms with Gasteiger partial charge in [0.1, 0.15) is 23.7 Å². The molecule has 1 aromatic carbocycles. The fourth-order valence-electron chi connectivity index (χ4n) is 3.00. The lowest BCUT2D eigenvalue weighted by Crippen LogP contribution is -2.23. The minimum Gasteiger partial charge on any atom is -0.492 e. The molecule has 1 amide bonds. The molecule has 158 valence electrons. The molecule has 0 saturated carbocycles. The van der Waals surface area contributed by atoms with Crippen molar-refractivity contribution in [3.8, 4) is 5.75 Å². The van der Waals surface area contributed by atoms with E-state index in [0.717, 1.165) is 28.9 Å². The molecule has 8 heteroatoms. The number of hydrogen-bond acceptors (Lipinski definition) is 6. The SMILES string of the molecule is C=Cn1c(C(=O)N(C)C)cc2cnc(Nc3ccc(OCCN(C)C)c(C)c3)nc21. The normalized spacial score (nSPS) is 11.0. The van der Waals surface area contributed by atoms with Crippen molar-refractivity contribution >= 4 is 34.8 Å². The summed E-state index contributed by atoms with van der Waals surface area (Å²) >= 11 is 0.